The van der Waals surface area contributed by atoms with Gasteiger partial charge in [-0.1, -0.05) is 30.3 Å². The Hall–Kier alpha value is -4.26. The summed E-state index contributed by atoms with van der Waals surface area (Å²) in [6.45, 7) is 3.41. The number of methoxy groups -OCH3 is 1. The lowest BCUT2D eigenvalue weighted by Crippen LogP contribution is -2.50. The summed E-state index contributed by atoms with van der Waals surface area (Å²) in [6, 6.07) is 17.7. The third-order valence-electron chi connectivity index (χ3n) is 9.20. The highest BCUT2D eigenvalue weighted by Gasteiger charge is 2.30. The number of fused-ring (bicyclic) bond motifs is 2. The lowest BCUT2D eigenvalue weighted by Gasteiger charge is -2.33. The van der Waals surface area contributed by atoms with E-state index in [2.05, 4.69) is 33.6 Å². The Balaban J connectivity index is 1.29. The first-order valence-electron chi connectivity index (χ1n) is 15.9. The number of aryl methyl sites for hydroxylation is 1. The molecule has 1 saturated heterocycles. The molecule has 12 heteroatoms. The molecule has 47 heavy (non-hydrogen) atoms. The SMILES string of the molecule is COc1cc(C(=O)N2C[C@H](N)C[C@@H](F)C2)cn2nc(-c3cc4ccc(-c5cccc(CNS(C)(=O)=O)c5)cc4n3CC3CC3)c(C)c12. The summed E-state index contributed by atoms with van der Waals surface area (Å²) in [5.41, 5.74) is 13.9. The maximum Gasteiger partial charge on any atom is 0.255 e. The Bertz CT molecular complexity index is 2110. The van der Waals surface area contributed by atoms with Gasteiger partial charge in [-0.05, 0) is 73.1 Å². The van der Waals surface area contributed by atoms with E-state index < -0.39 is 22.2 Å². The van der Waals surface area contributed by atoms with Crippen LogP contribution in [-0.4, -0.2) is 72.1 Å². The minimum absolute atomic E-state index is 0.0152. The van der Waals surface area contributed by atoms with Crippen LogP contribution >= 0.6 is 0 Å². The summed E-state index contributed by atoms with van der Waals surface area (Å²) in [5, 5.41) is 6.10. The Morgan fingerprint density at radius 2 is 1.89 bits per heavy atom. The number of ether oxygens (including phenoxy) is 1. The van der Waals surface area contributed by atoms with E-state index in [1.54, 1.807) is 23.9 Å². The summed E-state index contributed by atoms with van der Waals surface area (Å²) in [4.78, 5) is 15.0. The van der Waals surface area contributed by atoms with Gasteiger partial charge in [-0.2, -0.15) is 5.10 Å². The number of halogens is 1. The minimum atomic E-state index is -3.30. The number of nitrogens with zero attached hydrogens (tertiary/aromatic N) is 4. The van der Waals surface area contributed by atoms with Crippen molar-refractivity contribution in [2.24, 2.45) is 11.7 Å². The number of rotatable bonds is 9. The highest BCUT2D eigenvalue weighted by molar-refractivity contribution is 7.88. The Kier molecular flexibility index (Phi) is 8.05. The van der Waals surface area contributed by atoms with Crippen LogP contribution in [0.2, 0.25) is 0 Å². The summed E-state index contributed by atoms with van der Waals surface area (Å²) in [5.74, 6) is 0.802. The van der Waals surface area contributed by atoms with Crippen molar-refractivity contribution in [1.29, 1.82) is 0 Å². The molecule has 5 aromatic rings. The smallest absolute Gasteiger partial charge is 0.255 e. The predicted molar refractivity (Wildman–Crippen MR) is 181 cm³/mol. The van der Waals surface area contributed by atoms with Gasteiger partial charge in [0.15, 0.2) is 0 Å². The van der Waals surface area contributed by atoms with Crippen molar-refractivity contribution in [3.8, 4) is 28.3 Å². The number of piperidine rings is 1. The molecular formula is C35H39FN6O4S. The van der Waals surface area contributed by atoms with Gasteiger partial charge in [-0.3, -0.25) is 4.79 Å². The van der Waals surface area contributed by atoms with Crippen molar-refractivity contribution in [3.63, 3.8) is 0 Å². The second-order valence-corrected chi connectivity index (χ2v) is 14.9. The van der Waals surface area contributed by atoms with Crippen LogP contribution < -0.4 is 15.2 Å². The Morgan fingerprint density at radius 1 is 1.11 bits per heavy atom. The van der Waals surface area contributed by atoms with Gasteiger partial charge in [-0.15, -0.1) is 0 Å². The quantitative estimate of drug-likeness (QED) is 0.232. The fourth-order valence-corrected chi connectivity index (χ4v) is 7.11. The van der Waals surface area contributed by atoms with Crippen molar-refractivity contribution < 1.29 is 22.3 Å². The maximum atomic E-state index is 14.3. The van der Waals surface area contributed by atoms with Crippen LogP contribution in [0.5, 0.6) is 5.75 Å². The third kappa shape index (κ3) is 6.37. The lowest BCUT2D eigenvalue weighted by atomic mass is 10.0. The van der Waals surface area contributed by atoms with Crippen LogP contribution in [0.1, 0.15) is 40.7 Å². The highest BCUT2D eigenvalue weighted by Crippen LogP contribution is 2.39. The van der Waals surface area contributed by atoms with E-state index in [0.717, 1.165) is 62.9 Å². The van der Waals surface area contributed by atoms with Gasteiger partial charge in [0.05, 0.1) is 31.2 Å². The molecular weight excluding hydrogens is 619 g/mol. The monoisotopic (exact) mass is 658 g/mol. The van der Waals surface area contributed by atoms with Gasteiger partial charge in [0.2, 0.25) is 10.0 Å². The molecule has 0 unspecified atom stereocenters. The van der Waals surface area contributed by atoms with E-state index in [1.165, 1.54) is 17.7 Å². The number of hydrogen-bond donors (Lipinski definition) is 2. The number of hydrogen-bond acceptors (Lipinski definition) is 6. The van der Waals surface area contributed by atoms with E-state index in [9.17, 15) is 17.6 Å². The van der Waals surface area contributed by atoms with Gasteiger partial charge >= 0.3 is 0 Å². The molecule has 2 aliphatic rings. The van der Waals surface area contributed by atoms with Crippen molar-refractivity contribution >= 4 is 32.4 Å². The largest absolute Gasteiger partial charge is 0.494 e. The lowest BCUT2D eigenvalue weighted by molar-refractivity contribution is 0.0606. The van der Waals surface area contributed by atoms with Crippen LogP contribution in [0.15, 0.2) is 60.8 Å². The van der Waals surface area contributed by atoms with Crippen molar-refractivity contribution in [2.45, 2.75) is 51.5 Å². The minimum Gasteiger partial charge on any atom is -0.494 e. The van der Waals surface area contributed by atoms with Crippen LogP contribution in [0, 0.1) is 12.8 Å². The first kappa shape index (κ1) is 31.3. The topological polar surface area (TPSA) is 124 Å². The Morgan fingerprint density at radius 3 is 2.62 bits per heavy atom. The molecule has 7 rings (SSSR count). The van der Waals surface area contributed by atoms with Crippen molar-refractivity contribution in [2.75, 3.05) is 26.5 Å². The van der Waals surface area contributed by atoms with E-state index >= 15 is 0 Å². The number of likely N-dealkylation sites (tertiary alicyclic amines) is 1. The number of benzene rings is 2. The number of nitrogens with two attached hydrogens (primary N) is 1. The summed E-state index contributed by atoms with van der Waals surface area (Å²) >= 11 is 0. The number of pyridine rings is 1. The van der Waals surface area contributed by atoms with Crippen molar-refractivity contribution in [3.05, 3.63) is 77.5 Å². The second kappa shape index (κ2) is 12.1. The summed E-state index contributed by atoms with van der Waals surface area (Å²) < 4.78 is 50.0. The number of nitrogens with one attached hydrogen (secondary N) is 1. The highest BCUT2D eigenvalue weighted by atomic mass is 32.2. The first-order valence-corrected chi connectivity index (χ1v) is 17.8. The fraction of sp³-hybridized carbons (Fsp3) is 0.371. The fourth-order valence-electron chi connectivity index (χ4n) is 6.69. The van der Waals surface area contributed by atoms with E-state index in [0.29, 0.717) is 23.8 Å². The molecule has 2 atom stereocenters. The normalized spacial score (nSPS) is 18.7. The van der Waals surface area contributed by atoms with Crippen LogP contribution in [0.3, 0.4) is 0 Å². The molecule has 246 valence electrons. The average molecular weight is 659 g/mol. The van der Waals surface area contributed by atoms with Crippen LogP contribution in [0.25, 0.3) is 38.9 Å². The van der Waals surface area contributed by atoms with Gasteiger partial charge in [0.1, 0.15) is 23.1 Å². The average Bonchev–Trinajstić information content (AvgIpc) is 3.71. The molecule has 3 N–H and O–H groups in total. The van der Waals surface area contributed by atoms with E-state index in [-0.39, 0.29) is 25.4 Å². The van der Waals surface area contributed by atoms with Crippen molar-refractivity contribution in [1.82, 2.24) is 23.8 Å². The zero-order valence-electron chi connectivity index (χ0n) is 26.7. The number of carbonyl (C=O) groups is 1. The molecule has 2 aromatic carbocycles. The van der Waals surface area contributed by atoms with Gasteiger partial charge in [0, 0.05) is 48.3 Å². The first-order chi connectivity index (χ1) is 22.5. The molecule has 1 amide bonds. The zero-order chi connectivity index (χ0) is 33.0. The standard InChI is InChI=1S/C35H39FN6O4S/c1-21-33(39-42-18-27(14-32(46-2)34(21)42)35(43)40-19-28(36)15-29(37)20-40)31-13-26-10-9-25(12-30(26)41(31)17-22-7-8-22)24-6-4-5-23(11-24)16-38-47(3,44)45/h4-6,9-14,18,22,28-29,38H,7-8,15-17,19-20,37H2,1-3H3/t28-,29-/m1/s1. The van der Waals surface area contributed by atoms with Gasteiger partial charge in [0.25, 0.3) is 5.91 Å². The second-order valence-electron chi connectivity index (χ2n) is 13.0. The van der Waals surface area contributed by atoms with Crippen LogP contribution in [0.4, 0.5) is 4.39 Å². The maximum absolute atomic E-state index is 14.3. The molecule has 4 heterocycles. The number of alkyl halides is 1. The third-order valence-corrected chi connectivity index (χ3v) is 9.87. The molecule has 10 nitrogen and oxygen atoms in total. The summed E-state index contributed by atoms with van der Waals surface area (Å²) in [6.07, 6.45) is 4.31. The molecule has 1 saturated carbocycles. The molecule has 0 bridgehead atoms. The summed E-state index contributed by atoms with van der Waals surface area (Å²) in [7, 11) is -1.73. The molecule has 1 aliphatic heterocycles. The molecule has 0 spiro atoms. The van der Waals surface area contributed by atoms with Crippen LogP contribution in [-0.2, 0) is 23.1 Å². The molecule has 2 fully saturated rings. The van der Waals surface area contributed by atoms with Gasteiger partial charge < -0.3 is 19.9 Å². The Labute approximate surface area is 273 Å². The molecule has 0 radical (unpaired) electrons. The number of amides is 1. The predicted octanol–water partition coefficient (Wildman–Crippen LogP) is 4.91. The van der Waals surface area contributed by atoms with E-state index in [4.69, 9.17) is 15.6 Å². The molecule has 1 aliphatic carbocycles. The number of carbonyl (C=O) groups excluding carboxylic acids is 1. The van der Waals surface area contributed by atoms with E-state index in [1.807, 2.05) is 31.2 Å². The molecule has 3 aromatic heterocycles. The number of aromatic nitrogens is 3. The number of sulfonamides is 1. The van der Waals surface area contributed by atoms with Gasteiger partial charge in [-0.25, -0.2) is 22.0 Å². The zero-order valence-corrected chi connectivity index (χ0v) is 27.6.